The van der Waals surface area contributed by atoms with Gasteiger partial charge in [0.1, 0.15) is 6.54 Å². The number of amides is 3. The van der Waals surface area contributed by atoms with Gasteiger partial charge < -0.3 is 19.5 Å². The Labute approximate surface area is 217 Å². The van der Waals surface area contributed by atoms with Gasteiger partial charge in [0.15, 0.2) is 11.5 Å². The van der Waals surface area contributed by atoms with Crippen molar-refractivity contribution in [1.82, 2.24) is 4.90 Å². The average molecular weight is 533 g/mol. The van der Waals surface area contributed by atoms with Crippen LogP contribution in [0.5, 0.6) is 11.5 Å². The van der Waals surface area contributed by atoms with Gasteiger partial charge in [0.2, 0.25) is 5.91 Å². The average Bonchev–Trinajstić information content (AvgIpc) is 3.08. The second-order valence-corrected chi connectivity index (χ2v) is 9.21. The maximum Gasteiger partial charge on any atom is 0.339 e. The number of hydrogen-bond donors (Lipinski definition) is 1. The van der Waals surface area contributed by atoms with Crippen molar-refractivity contribution in [3.05, 3.63) is 57.5 Å². The van der Waals surface area contributed by atoms with Crippen LogP contribution >= 0.6 is 23.4 Å². The number of anilines is 1. The Hall–Kier alpha value is -3.50. The van der Waals surface area contributed by atoms with E-state index >= 15 is 0 Å². The summed E-state index contributed by atoms with van der Waals surface area (Å²) in [4.78, 5) is 50.9. The van der Waals surface area contributed by atoms with Crippen LogP contribution in [0.4, 0.5) is 10.5 Å². The number of carbonyl (C=O) groups excluding carboxylic acids is 4. The fourth-order valence-corrected chi connectivity index (χ4v) is 4.26. The molecule has 0 bridgehead atoms. The van der Waals surface area contributed by atoms with Crippen molar-refractivity contribution in [3.63, 3.8) is 0 Å². The van der Waals surface area contributed by atoms with Crippen LogP contribution in [-0.4, -0.2) is 54.3 Å². The number of halogens is 1. The number of thioether (sulfide) groups is 1. The molecule has 1 N–H and O–H groups in total. The highest BCUT2D eigenvalue weighted by Crippen LogP contribution is 2.35. The highest BCUT2D eigenvalue weighted by atomic mass is 35.5. The third-order valence-electron chi connectivity index (χ3n) is 4.77. The van der Waals surface area contributed by atoms with Crippen molar-refractivity contribution in [3.8, 4) is 11.5 Å². The number of ether oxygens (including phenoxy) is 3. The van der Waals surface area contributed by atoms with Crippen LogP contribution in [0.3, 0.4) is 0 Å². The SMILES string of the molecule is CCOC(=O)c1cc(NC(=O)CN2C(=O)S/C(=C\c3ccc(OC(C)C)c(OC)c3)C2=O)ccc1Cl. The molecule has 11 heteroatoms. The predicted molar refractivity (Wildman–Crippen MR) is 137 cm³/mol. The molecule has 36 heavy (non-hydrogen) atoms. The zero-order valence-electron chi connectivity index (χ0n) is 20.1. The standard InChI is InChI=1S/C25H25ClN2O7S/c1-5-34-24(31)17-12-16(7-8-18(17)26)27-22(29)13-28-23(30)21(36-25(28)32)11-15-6-9-19(35-14(2)3)20(10-15)33-4/h6-12,14H,5,13H2,1-4H3,(H,27,29)/b21-11-. The Morgan fingerprint density at radius 3 is 2.56 bits per heavy atom. The summed E-state index contributed by atoms with van der Waals surface area (Å²) in [5, 5.41) is 2.16. The fraction of sp³-hybridized carbons (Fsp3) is 0.280. The molecule has 3 rings (SSSR count). The largest absolute Gasteiger partial charge is 0.493 e. The van der Waals surface area contributed by atoms with E-state index in [4.69, 9.17) is 25.8 Å². The first-order chi connectivity index (χ1) is 17.1. The molecule has 2 aromatic carbocycles. The second-order valence-electron chi connectivity index (χ2n) is 7.81. The van der Waals surface area contributed by atoms with Crippen LogP contribution in [0.25, 0.3) is 6.08 Å². The van der Waals surface area contributed by atoms with Crippen molar-refractivity contribution in [2.24, 2.45) is 0 Å². The molecule has 190 valence electrons. The molecule has 2 aromatic rings. The van der Waals surface area contributed by atoms with Crippen molar-refractivity contribution >= 4 is 58.1 Å². The summed E-state index contributed by atoms with van der Waals surface area (Å²) in [6.45, 7) is 5.12. The molecule has 0 unspecified atom stereocenters. The minimum Gasteiger partial charge on any atom is -0.493 e. The highest BCUT2D eigenvalue weighted by Gasteiger charge is 2.36. The molecule has 0 radical (unpaired) electrons. The monoisotopic (exact) mass is 532 g/mol. The van der Waals surface area contributed by atoms with Gasteiger partial charge in [0.05, 0.1) is 35.3 Å². The van der Waals surface area contributed by atoms with E-state index in [0.717, 1.165) is 16.7 Å². The molecule has 3 amide bonds. The molecule has 0 aliphatic carbocycles. The van der Waals surface area contributed by atoms with Gasteiger partial charge in [-0.2, -0.15) is 0 Å². The summed E-state index contributed by atoms with van der Waals surface area (Å²) >= 11 is 6.77. The zero-order chi connectivity index (χ0) is 26.4. The van der Waals surface area contributed by atoms with E-state index in [-0.39, 0.29) is 33.9 Å². The molecule has 1 heterocycles. The van der Waals surface area contributed by atoms with Crippen molar-refractivity contribution in [1.29, 1.82) is 0 Å². The van der Waals surface area contributed by atoms with Crippen LogP contribution < -0.4 is 14.8 Å². The van der Waals surface area contributed by atoms with Gasteiger partial charge in [-0.3, -0.25) is 19.3 Å². The van der Waals surface area contributed by atoms with E-state index in [0.29, 0.717) is 17.1 Å². The Kier molecular flexibility index (Phi) is 9.00. The lowest BCUT2D eigenvalue weighted by atomic mass is 10.2. The highest BCUT2D eigenvalue weighted by molar-refractivity contribution is 8.18. The number of methoxy groups -OCH3 is 1. The third kappa shape index (κ3) is 6.58. The Bertz CT molecular complexity index is 1230. The lowest BCUT2D eigenvalue weighted by Gasteiger charge is -2.14. The lowest BCUT2D eigenvalue weighted by molar-refractivity contribution is -0.127. The molecular formula is C25H25ClN2O7S. The fourth-order valence-electron chi connectivity index (χ4n) is 3.23. The van der Waals surface area contributed by atoms with Gasteiger partial charge in [-0.25, -0.2) is 4.79 Å². The smallest absolute Gasteiger partial charge is 0.339 e. The summed E-state index contributed by atoms with van der Waals surface area (Å²) in [5.74, 6) is -0.795. The lowest BCUT2D eigenvalue weighted by Crippen LogP contribution is -2.36. The number of esters is 1. The first kappa shape index (κ1) is 27.1. The quantitative estimate of drug-likeness (QED) is 0.355. The molecule has 1 aliphatic rings. The number of benzene rings is 2. The Morgan fingerprint density at radius 2 is 1.89 bits per heavy atom. The van der Waals surface area contributed by atoms with Crippen LogP contribution in [0.15, 0.2) is 41.3 Å². The third-order valence-corrected chi connectivity index (χ3v) is 6.01. The topological polar surface area (TPSA) is 111 Å². The molecule has 0 aromatic heterocycles. The molecular weight excluding hydrogens is 508 g/mol. The molecule has 1 saturated heterocycles. The van der Waals surface area contributed by atoms with E-state index in [9.17, 15) is 19.2 Å². The normalized spacial score (nSPS) is 14.4. The van der Waals surface area contributed by atoms with E-state index in [1.165, 1.54) is 25.3 Å². The number of nitrogens with zero attached hydrogens (tertiary/aromatic N) is 1. The van der Waals surface area contributed by atoms with E-state index in [1.807, 2.05) is 13.8 Å². The van der Waals surface area contributed by atoms with Gasteiger partial charge in [0.25, 0.3) is 11.1 Å². The van der Waals surface area contributed by atoms with Gasteiger partial charge in [-0.05, 0) is 74.5 Å². The first-order valence-electron chi connectivity index (χ1n) is 11.0. The maximum atomic E-state index is 12.8. The van der Waals surface area contributed by atoms with Crippen molar-refractivity contribution < 1.29 is 33.4 Å². The summed E-state index contributed by atoms with van der Waals surface area (Å²) in [6.07, 6.45) is 1.51. The number of carbonyl (C=O) groups is 4. The van der Waals surface area contributed by atoms with Crippen LogP contribution in [-0.2, 0) is 14.3 Å². The van der Waals surface area contributed by atoms with Crippen molar-refractivity contribution in [2.75, 3.05) is 25.6 Å². The van der Waals surface area contributed by atoms with Crippen LogP contribution in [0, 0.1) is 0 Å². The predicted octanol–water partition coefficient (Wildman–Crippen LogP) is 4.99. The number of hydrogen-bond acceptors (Lipinski definition) is 8. The molecule has 9 nitrogen and oxygen atoms in total. The maximum absolute atomic E-state index is 12.8. The molecule has 0 atom stereocenters. The molecule has 0 saturated carbocycles. The van der Waals surface area contributed by atoms with Crippen molar-refractivity contribution in [2.45, 2.75) is 26.9 Å². The minimum absolute atomic E-state index is 0.0444. The number of imide groups is 1. The summed E-state index contributed by atoms with van der Waals surface area (Å²) in [7, 11) is 1.51. The van der Waals surface area contributed by atoms with Crippen LogP contribution in [0.1, 0.15) is 36.7 Å². The number of rotatable bonds is 9. The second kappa shape index (κ2) is 12.0. The van der Waals surface area contributed by atoms with Gasteiger partial charge in [-0.1, -0.05) is 17.7 Å². The summed E-state index contributed by atoms with van der Waals surface area (Å²) in [6, 6.07) is 9.46. The van der Waals surface area contributed by atoms with Gasteiger partial charge >= 0.3 is 5.97 Å². The number of nitrogens with one attached hydrogen (secondary N) is 1. The minimum atomic E-state index is -0.630. The Balaban J connectivity index is 1.71. The molecule has 1 fully saturated rings. The van der Waals surface area contributed by atoms with Gasteiger partial charge in [-0.15, -0.1) is 0 Å². The van der Waals surface area contributed by atoms with E-state index < -0.39 is 29.6 Å². The molecule has 1 aliphatic heterocycles. The summed E-state index contributed by atoms with van der Waals surface area (Å²) < 4.78 is 16.0. The molecule has 0 spiro atoms. The van der Waals surface area contributed by atoms with E-state index in [1.54, 1.807) is 31.2 Å². The van der Waals surface area contributed by atoms with E-state index in [2.05, 4.69) is 5.32 Å². The first-order valence-corrected chi connectivity index (χ1v) is 12.2. The Morgan fingerprint density at radius 1 is 1.14 bits per heavy atom. The van der Waals surface area contributed by atoms with Crippen LogP contribution in [0.2, 0.25) is 5.02 Å². The zero-order valence-corrected chi connectivity index (χ0v) is 21.7. The summed E-state index contributed by atoms with van der Waals surface area (Å²) in [5.41, 5.74) is 0.988. The van der Waals surface area contributed by atoms with Gasteiger partial charge in [0, 0.05) is 5.69 Å².